The lowest BCUT2D eigenvalue weighted by molar-refractivity contribution is 0.103. The average Bonchev–Trinajstić information content (AvgIpc) is 3.08. The van der Waals surface area contributed by atoms with E-state index in [0.29, 0.717) is 33.4 Å². The molecule has 0 aliphatic heterocycles. The van der Waals surface area contributed by atoms with Crippen molar-refractivity contribution in [1.29, 1.82) is 0 Å². The van der Waals surface area contributed by atoms with Crippen LogP contribution in [-0.2, 0) is 0 Å². The number of nitrogens with zero attached hydrogens (tertiary/aromatic N) is 2. The van der Waals surface area contributed by atoms with Gasteiger partial charge in [-0.05, 0) is 36.5 Å². The third kappa shape index (κ3) is 2.65. The fourth-order valence-electron chi connectivity index (χ4n) is 3.67. The van der Waals surface area contributed by atoms with Gasteiger partial charge in [0.25, 0.3) is 5.56 Å². The van der Waals surface area contributed by atoms with Crippen molar-refractivity contribution in [3.8, 4) is 5.69 Å². The third-order valence-corrected chi connectivity index (χ3v) is 5.25. The number of pyridine rings is 1. The molecule has 0 fully saturated rings. The molecular weight excluding hydrogens is 382 g/mol. The van der Waals surface area contributed by atoms with Crippen molar-refractivity contribution >= 4 is 34.4 Å². The SMILES string of the molecule is O=C(c1ccccc1)c1c2[nH]c(=S)n(-c3ccccc3)c(=O)c2c2ccccn12. The molecule has 3 aromatic heterocycles. The van der Waals surface area contributed by atoms with Gasteiger partial charge >= 0.3 is 0 Å². The molecule has 0 amide bonds. The van der Waals surface area contributed by atoms with Gasteiger partial charge in [-0.2, -0.15) is 0 Å². The molecule has 1 N–H and O–H groups in total. The smallest absolute Gasteiger partial charge is 0.268 e. The molecule has 0 saturated heterocycles. The van der Waals surface area contributed by atoms with Gasteiger partial charge in [0.1, 0.15) is 5.69 Å². The molecule has 0 saturated carbocycles. The maximum absolute atomic E-state index is 13.5. The molecule has 29 heavy (non-hydrogen) atoms. The summed E-state index contributed by atoms with van der Waals surface area (Å²) in [4.78, 5) is 30.0. The Kier molecular flexibility index (Phi) is 4.00. The summed E-state index contributed by atoms with van der Waals surface area (Å²) in [6.07, 6.45) is 1.79. The van der Waals surface area contributed by atoms with E-state index < -0.39 is 0 Å². The summed E-state index contributed by atoms with van der Waals surface area (Å²) in [7, 11) is 0. The van der Waals surface area contributed by atoms with Crippen LogP contribution in [0, 0.1) is 4.77 Å². The number of hydrogen-bond donors (Lipinski definition) is 1. The average molecular weight is 397 g/mol. The number of benzene rings is 2. The molecule has 5 rings (SSSR count). The van der Waals surface area contributed by atoms with E-state index in [1.807, 2.05) is 66.7 Å². The molecule has 0 aliphatic carbocycles. The predicted octanol–water partition coefficient (Wildman–Crippen LogP) is 4.53. The zero-order chi connectivity index (χ0) is 20.0. The molecule has 5 aromatic rings. The number of rotatable bonds is 3. The second kappa shape index (κ2) is 6.68. The quantitative estimate of drug-likeness (QED) is 0.359. The standard InChI is InChI=1S/C23H15N3O2S/c27-21(15-9-3-1-4-10-15)20-19-18(17-13-7-8-14-25(17)20)22(28)26(23(29)24-19)16-11-5-2-6-12-16/h1-14H,(H,24,29). The Bertz CT molecular complexity index is 1500. The minimum Gasteiger partial charge on any atom is -0.329 e. The van der Waals surface area contributed by atoms with Crippen molar-refractivity contribution in [2.24, 2.45) is 0 Å². The topological polar surface area (TPSA) is 59.3 Å². The highest BCUT2D eigenvalue weighted by Crippen LogP contribution is 2.25. The van der Waals surface area contributed by atoms with Crippen LogP contribution >= 0.6 is 12.2 Å². The van der Waals surface area contributed by atoms with Gasteiger partial charge in [0.05, 0.1) is 22.1 Å². The highest BCUT2D eigenvalue weighted by Gasteiger charge is 2.23. The first kappa shape index (κ1) is 17.3. The van der Waals surface area contributed by atoms with Gasteiger partial charge in [-0.25, -0.2) is 0 Å². The van der Waals surface area contributed by atoms with E-state index in [2.05, 4.69) is 4.98 Å². The number of nitrogens with one attached hydrogen (secondary N) is 1. The van der Waals surface area contributed by atoms with Crippen LogP contribution in [0.1, 0.15) is 16.1 Å². The van der Waals surface area contributed by atoms with Crippen LogP contribution in [0.5, 0.6) is 0 Å². The van der Waals surface area contributed by atoms with E-state index >= 15 is 0 Å². The lowest BCUT2D eigenvalue weighted by Gasteiger charge is -2.07. The monoisotopic (exact) mass is 397 g/mol. The maximum Gasteiger partial charge on any atom is 0.268 e. The van der Waals surface area contributed by atoms with Crippen molar-refractivity contribution in [2.45, 2.75) is 0 Å². The van der Waals surface area contributed by atoms with Crippen LogP contribution in [0.4, 0.5) is 0 Å². The number of hydrogen-bond acceptors (Lipinski definition) is 3. The largest absolute Gasteiger partial charge is 0.329 e. The number of aromatic nitrogens is 3. The second-order valence-electron chi connectivity index (χ2n) is 6.66. The van der Waals surface area contributed by atoms with E-state index in [1.165, 1.54) is 4.57 Å². The maximum atomic E-state index is 13.5. The summed E-state index contributed by atoms with van der Waals surface area (Å²) in [6, 6.07) is 23.7. The van der Waals surface area contributed by atoms with Crippen molar-refractivity contribution in [2.75, 3.05) is 0 Å². The van der Waals surface area contributed by atoms with E-state index in [0.717, 1.165) is 0 Å². The number of H-pyrrole nitrogens is 1. The number of fused-ring (bicyclic) bond motifs is 3. The first-order valence-corrected chi connectivity index (χ1v) is 9.51. The van der Waals surface area contributed by atoms with Gasteiger partial charge in [0.2, 0.25) is 5.78 Å². The second-order valence-corrected chi connectivity index (χ2v) is 7.04. The predicted molar refractivity (Wildman–Crippen MR) is 116 cm³/mol. The summed E-state index contributed by atoms with van der Waals surface area (Å²) in [5.41, 5.74) is 2.46. The van der Waals surface area contributed by atoms with Crippen molar-refractivity contribution in [3.05, 3.63) is 111 Å². The summed E-state index contributed by atoms with van der Waals surface area (Å²) in [5.74, 6) is -0.177. The number of carbonyl (C=O) groups is 1. The number of para-hydroxylation sites is 1. The van der Waals surface area contributed by atoms with Crippen molar-refractivity contribution in [3.63, 3.8) is 0 Å². The minimum absolute atomic E-state index is 0.177. The highest BCUT2D eigenvalue weighted by atomic mass is 32.1. The first-order chi connectivity index (χ1) is 14.2. The Labute approximate surface area is 170 Å². The fraction of sp³-hybridized carbons (Fsp3) is 0. The summed E-state index contributed by atoms with van der Waals surface area (Å²) in [6.45, 7) is 0. The lowest BCUT2D eigenvalue weighted by Crippen LogP contribution is -2.20. The zero-order valence-electron chi connectivity index (χ0n) is 15.2. The molecule has 0 atom stereocenters. The normalized spacial score (nSPS) is 11.2. The molecule has 0 aliphatic rings. The van der Waals surface area contributed by atoms with Crippen molar-refractivity contribution in [1.82, 2.24) is 14.0 Å². The fourth-order valence-corrected chi connectivity index (χ4v) is 3.96. The molecule has 3 heterocycles. The molecule has 0 spiro atoms. The summed E-state index contributed by atoms with van der Waals surface area (Å²) >= 11 is 5.50. The Morgan fingerprint density at radius 3 is 2.24 bits per heavy atom. The van der Waals surface area contributed by atoms with E-state index in [1.54, 1.807) is 22.7 Å². The minimum atomic E-state index is -0.259. The molecule has 0 unspecified atom stereocenters. The molecule has 0 bridgehead atoms. The van der Waals surface area contributed by atoms with Crippen LogP contribution in [-0.4, -0.2) is 19.7 Å². The van der Waals surface area contributed by atoms with Gasteiger partial charge in [-0.1, -0.05) is 54.6 Å². The number of aromatic amines is 1. The van der Waals surface area contributed by atoms with Crippen LogP contribution < -0.4 is 5.56 Å². The molecule has 6 heteroatoms. The molecule has 5 nitrogen and oxygen atoms in total. The van der Waals surface area contributed by atoms with Crippen LogP contribution in [0.3, 0.4) is 0 Å². The van der Waals surface area contributed by atoms with Gasteiger partial charge < -0.3 is 9.38 Å². The van der Waals surface area contributed by atoms with E-state index in [-0.39, 0.29) is 16.1 Å². The number of ketones is 1. The Hall–Kier alpha value is -3.77. The zero-order valence-corrected chi connectivity index (χ0v) is 16.0. The van der Waals surface area contributed by atoms with Gasteiger partial charge in [-0.3, -0.25) is 14.2 Å². The molecule has 2 aromatic carbocycles. The highest BCUT2D eigenvalue weighted by molar-refractivity contribution is 7.71. The number of carbonyl (C=O) groups excluding carboxylic acids is 1. The van der Waals surface area contributed by atoms with Crippen molar-refractivity contribution < 1.29 is 4.79 Å². The van der Waals surface area contributed by atoms with Crippen LogP contribution in [0.2, 0.25) is 0 Å². The summed E-state index contributed by atoms with van der Waals surface area (Å²) < 4.78 is 3.45. The van der Waals surface area contributed by atoms with E-state index in [9.17, 15) is 9.59 Å². The molecule has 140 valence electrons. The Morgan fingerprint density at radius 2 is 1.52 bits per heavy atom. The third-order valence-electron chi connectivity index (χ3n) is 4.96. The van der Waals surface area contributed by atoms with Gasteiger partial charge in [0.15, 0.2) is 4.77 Å². The van der Waals surface area contributed by atoms with E-state index in [4.69, 9.17) is 12.2 Å². The Balaban J connectivity index is 1.92. The molecular formula is C23H15N3O2S. The Morgan fingerprint density at radius 1 is 0.862 bits per heavy atom. The summed E-state index contributed by atoms with van der Waals surface area (Å²) in [5, 5.41) is 0.433. The first-order valence-electron chi connectivity index (χ1n) is 9.10. The molecule has 0 radical (unpaired) electrons. The lowest BCUT2D eigenvalue weighted by atomic mass is 10.1. The van der Waals surface area contributed by atoms with Crippen LogP contribution in [0.15, 0.2) is 89.9 Å². The van der Waals surface area contributed by atoms with Gasteiger partial charge in [-0.15, -0.1) is 0 Å². The van der Waals surface area contributed by atoms with Gasteiger partial charge in [0, 0.05) is 11.8 Å². The van der Waals surface area contributed by atoms with Crippen LogP contribution in [0.25, 0.3) is 22.1 Å².